The molecule has 8 nitrogen and oxygen atoms in total. The van der Waals surface area contributed by atoms with E-state index in [0.29, 0.717) is 25.9 Å². The molecule has 0 spiro atoms. The third-order valence-corrected chi connectivity index (χ3v) is 4.60. The van der Waals surface area contributed by atoms with Crippen LogP contribution in [0.3, 0.4) is 0 Å². The van der Waals surface area contributed by atoms with Crippen molar-refractivity contribution in [3.8, 4) is 5.75 Å². The number of benzene rings is 2. The van der Waals surface area contributed by atoms with E-state index in [1.807, 2.05) is 38.4 Å². The lowest BCUT2D eigenvalue weighted by atomic mass is 10.1. The third-order valence-electron chi connectivity index (χ3n) is 4.60. The molecule has 1 amide bonds. The van der Waals surface area contributed by atoms with Crippen molar-refractivity contribution in [2.45, 2.75) is 18.9 Å². The van der Waals surface area contributed by atoms with Crippen LogP contribution >= 0.6 is 0 Å². The summed E-state index contributed by atoms with van der Waals surface area (Å²) in [4.78, 5) is 24.5. The van der Waals surface area contributed by atoms with Crippen LogP contribution in [-0.2, 0) is 4.79 Å². The van der Waals surface area contributed by atoms with E-state index in [2.05, 4.69) is 15.5 Å². The topological polar surface area (TPSA) is 96.7 Å². The molecule has 29 heavy (non-hydrogen) atoms. The molecule has 2 aromatic rings. The molecule has 0 aromatic heterocycles. The van der Waals surface area contributed by atoms with Crippen molar-refractivity contribution in [3.63, 3.8) is 0 Å². The van der Waals surface area contributed by atoms with Gasteiger partial charge in [0.1, 0.15) is 5.75 Å². The highest BCUT2D eigenvalue weighted by Crippen LogP contribution is 2.21. The maximum Gasteiger partial charge on any atom is 0.269 e. The molecule has 2 rings (SSSR count). The largest absolute Gasteiger partial charge is 0.497 e. The van der Waals surface area contributed by atoms with E-state index in [4.69, 9.17) is 4.74 Å². The van der Waals surface area contributed by atoms with Gasteiger partial charge in [-0.2, -0.15) is 0 Å². The Kier molecular flexibility index (Phi) is 8.42. The first-order valence-corrected chi connectivity index (χ1v) is 9.46. The Labute approximate surface area is 171 Å². The van der Waals surface area contributed by atoms with Gasteiger partial charge in [-0.25, -0.2) is 0 Å². The van der Waals surface area contributed by atoms with Crippen molar-refractivity contribution < 1.29 is 14.5 Å². The summed E-state index contributed by atoms with van der Waals surface area (Å²) in [6.07, 6.45) is 1.07. The molecule has 2 aromatic carbocycles. The predicted molar refractivity (Wildman–Crippen MR) is 113 cm³/mol. The minimum absolute atomic E-state index is 0.00383. The van der Waals surface area contributed by atoms with Gasteiger partial charge in [-0.1, -0.05) is 12.1 Å². The molecule has 0 fully saturated rings. The number of hydrogen-bond donors (Lipinski definition) is 2. The maximum absolute atomic E-state index is 12.2. The Bertz CT molecular complexity index is 791. The Morgan fingerprint density at radius 2 is 1.79 bits per heavy atom. The van der Waals surface area contributed by atoms with Gasteiger partial charge in [0.15, 0.2) is 0 Å². The average Bonchev–Trinajstić information content (AvgIpc) is 2.72. The number of amides is 1. The van der Waals surface area contributed by atoms with E-state index in [1.54, 1.807) is 19.2 Å². The fourth-order valence-electron chi connectivity index (χ4n) is 2.91. The number of nitrogens with zero attached hydrogens (tertiary/aromatic N) is 2. The third kappa shape index (κ3) is 7.08. The first kappa shape index (κ1) is 22.2. The summed E-state index contributed by atoms with van der Waals surface area (Å²) >= 11 is 0. The molecule has 1 unspecified atom stereocenters. The van der Waals surface area contributed by atoms with E-state index in [0.717, 1.165) is 17.0 Å². The molecule has 156 valence electrons. The van der Waals surface area contributed by atoms with Crippen LogP contribution in [0.4, 0.5) is 11.4 Å². The highest BCUT2D eigenvalue weighted by molar-refractivity contribution is 5.75. The van der Waals surface area contributed by atoms with Crippen molar-refractivity contribution >= 4 is 17.3 Å². The van der Waals surface area contributed by atoms with Crippen LogP contribution in [-0.4, -0.2) is 50.0 Å². The van der Waals surface area contributed by atoms with Crippen molar-refractivity contribution in [2.24, 2.45) is 0 Å². The number of rotatable bonds is 11. The molecule has 2 N–H and O–H groups in total. The molecule has 0 aliphatic carbocycles. The summed E-state index contributed by atoms with van der Waals surface area (Å²) in [6, 6.07) is 14.1. The van der Waals surface area contributed by atoms with Gasteiger partial charge in [-0.3, -0.25) is 14.9 Å². The zero-order valence-electron chi connectivity index (χ0n) is 17.1. The molecule has 0 saturated heterocycles. The summed E-state index contributed by atoms with van der Waals surface area (Å²) in [6.45, 7) is 1.13. The standard InChI is InChI=1S/C21H28N4O4/c1-24(2)20(16-6-12-19(29-3)13-7-16)15-23-21(26)5-4-14-22-17-8-10-18(11-9-17)25(27)28/h6-13,20,22H,4-5,14-15H2,1-3H3,(H,23,26). The minimum Gasteiger partial charge on any atom is -0.497 e. The van der Waals surface area contributed by atoms with Gasteiger partial charge in [0, 0.05) is 37.3 Å². The second kappa shape index (κ2) is 11.0. The van der Waals surface area contributed by atoms with Crippen LogP contribution in [0.1, 0.15) is 24.4 Å². The van der Waals surface area contributed by atoms with Crippen molar-refractivity contribution in [1.82, 2.24) is 10.2 Å². The van der Waals surface area contributed by atoms with E-state index < -0.39 is 4.92 Å². The highest BCUT2D eigenvalue weighted by atomic mass is 16.6. The molecule has 8 heteroatoms. The zero-order valence-corrected chi connectivity index (χ0v) is 17.1. The van der Waals surface area contributed by atoms with Gasteiger partial charge in [-0.05, 0) is 50.3 Å². The van der Waals surface area contributed by atoms with E-state index in [9.17, 15) is 14.9 Å². The number of non-ortho nitro benzene ring substituents is 1. The normalized spacial score (nSPS) is 11.7. The number of nitrogens with one attached hydrogen (secondary N) is 2. The van der Waals surface area contributed by atoms with Crippen LogP contribution in [0, 0.1) is 10.1 Å². The van der Waals surface area contributed by atoms with Crippen molar-refractivity contribution in [2.75, 3.05) is 39.6 Å². The Hall–Kier alpha value is -3.13. The summed E-state index contributed by atoms with van der Waals surface area (Å²) in [5.41, 5.74) is 1.96. The van der Waals surface area contributed by atoms with Gasteiger partial charge in [0.05, 0.1) is 18.1 Å². The van der Waals surface area contributed by atoms with Crippen LogP contribution in [0.5, 0.6) is 5.75 Å². The molecule has 0 saturated carbocycles. The molecule has 0 aliphatic heterocycles. The second-order valence-electron chi connectivity index (χ2n) is 6.89. The number of likely N-dealkylation sites (N-methyl/N-ethyl adjacent to an activating group) is 1. The number of carbonyl (C=O) groups excluding carboxylic acids is 1. The second-order valence-corrected chi connectivity index (χ2v) is 6.89. The van der Waals surface area contributed by atoms with Crippen LogP contribution < -0.4 is 15.4 Å². The fourth-order valence-corrected chi connectivity index (χ4v) is 2.91. The van der Waals surface area contributed by atoms with Gasteiger partial charge in [0.2, 0.25) is 5.91 Å². The first-order chi connectivity index (χ1) is 13.9. The number of carbonyl (C=O) groups is 1. The Balaban J connectivity index is 1.73. The maximum atomic E-state index is 12.2. The molecule has 0 bridgehead atoms. The number of anilines is 1. The van der Waals surface area contributed by atoms with E-state index in [1.165, 1.54) is 12.1 Å². The summed E-state index contributed by atoms with van der Waals surface area (Å²) in [5, 5.41) is 16.8. The zero-order chi connectivity index (χ0) is 21.2. The Morgan fingerprint density at radius 3 is 2.34 bits per heavy atom. The summed E-state index contributed by atoms with van der Waals surface area (Å²) in [7, 11) is 5.60. The number of hydrogen-bond acceptors (Lipinski definition) is 6. The monoisotopic (exact) mass is 400 g/mol. The highest BCUT2D eigenvalue weighted by Gasteiger charge is 2.15. The SMILES string of the molecule is COc1ccc(C(CNC(=O)CCCNc2ccc([N+](=O)[O-])cc2)N(C)C)cc1. The van der Waals surface area contributed by atoms with Gasteiger partial charge in [-0.15, -0.1) is 0 Å². The lowest BCUT2D eigenvalue weighted by Gasteiger charge is -2.25. The lowest BCUT2D eigenvalue weighted by molar-refractivity contribution is -0.384. The first-order valence-electron chi connectivity index (χ1n) is 9.46. The van der Waals surface area contributed by atoms with E-state index in [-0.39, 0.29) is 17.6 Å². The van der Waals surface area contributed by atoms with Crippen LogP contribution in [0.25, 0.3) is 0 Å². The molecular weight excluding hydrogens is 372 g/mol. The van der Waals surface area contributed by atoms with Gasteiger partial charge >= 0.3 is 0 Å². The number of nitro benzene ring substituents is 1. The molecule has 1 atom stereocenters. The molecule has 0 aliphatic rings. The predicted octanol–water partition coefficient (Wildman–Crippen LogP) is 3.21. The lowest BCUT2D eigenvalue weighted by Crippen LogP contribution is -2.34. The summed E-state index contributed by atoms with van der Waals surface area (Å²) < 4.78 is 5.19. The van der Waals surface area contributed by atoms with Gasteiger partial charge < -0.3 is 20.3 Å². The molecular formula is C21H28N4O4. The molecule has 0 heterocycles. The number of methoxy groups -OCH3 is 1. The fraction of sp³-hybridized carbons (Fsp3) is 0.381. The van der Waals surface area contributed by atoms with Crippen LogP contribution in [0.2, 0.25) is 0 Å². The Morgan fingerprint density at radius 1 is 1.14 bits per heavy atom. The number of nitro groups is 1. The van der Waals surface area contributed by atoms with Crippen LogP contribution in [0.15, 0.2) is 48.5 Å². The van der Waals surface area contributed by atoms with E-state index >= 15 is 0 Å². The molecule has 0 radical (unpaired) electrons. The van der Waals surface area contributed by atoms with Gasteiger partial charge in [0.25, 0.3) is 5.69 Å². The average molecular weight is 400 g/mol. The summed E-state index contributed by atoms with van der Waals surface area (Å²) in [5.74, 6) is 0.798. The minimum atomic E-state index is -0.430. The quantitative estimate of drug-likeness (QED) is 0.342. The van der Waals surface area contributed by atoms with Crippen molar-refractivity contribution in [1.29, 1.82) is 0 Å². The smallest absolute Gasteiger partial charge is 0.269 e. The number of ether oxygens (including phenoxy) is 1. The van der Waals surface area contributed by atoms with Crippen molar-refractivity contribution in [3.05, 3.63) is 64.2 Å².